The summed E-state index contributed by atoms with van der Waals surface area (Å²) in [6.07, 6.45) is 2.02. The monoisotopic (exact) mass is 277 g/mol. The van der Waals surface area contributed by atoms with E-state index in [1.807, 2.05) is 12.1 Å². The number of hydrogen-bond acceptors (Lipinski definition) is 2. The van der Waals surface area contributed by atoms with Crippen molar-refractivity contribution in [3.8, 4) is 0 Å². The van der Waals surface area contributed by atoms with Gasteiger partial charge in [-0.05, 0) is 35.4 Å². The van der Waals surface area contributed by atoms with Gasteiger partial charge in [0.2, 0.25) is 0 Å². The van der Waals surface area contributed by atoms with Crippen LogP contribution in [0.3, 0.4) is 0 Å². The first-order valence-corrected chi connectivity index (χ1v) is 7.74. The highest BCUT2D eigenvalue weighted by molar-refractivity contribution is 5.91. The van der Waals surface area contributed by atoms with Gasteiger partial charge in [-0.15, -0.1) is 0 Å². The summed E-state index contributed by atoms with van der Waals surface area (Å²) in [7, 11) is 0. The van der Waals surface area contributed by atoms with Crippen LogP contribution in [-0.4, -0.2) is 12.3 Å². The molecule has 0 radical (unpaired) electrons. The second-order valence-electron chi connectivity index (χ2n) is 6.10. The normalized spacial score (nSPS) is 27.0. The summed E-state index contributed by atoms with van der Waals surface area (Å²) < 4.78 is 0. The van der Waals surface area contributed by atoms with Crippen molar-refractivity contribution in [3.05, 3.63) is 71.3 Å². The summed E-state index contributed by atoms with van der Waals surface area (Å²) in [4.78, 5) is 12.8. The zero-order valence-electron chi connectivity index (χ0n) is 12.0. The predicted molar refractivity (Wildman–Crippen MR) is 83.2 cm³/mol. The number of rotatable bonds is 3. The van der Waals surface area contributed by atoms with Crippen LogP contribution in [0.5, 0.6) is 0 Å². The van der Waals surface area contributed by atoms with E-state index in [2.05, 4.69) is 47.8 Å². The van der Waals surface area contributed by atoms with Gasteiger partial charge in [0.05, 0.1) is 6.04 Å². The quantitative estimate of drug-likeness (QED) is 0.933. The lowest BCUT2D eigenvalue weighted by Gasteiger charge is -2.26. The third-order valence-corrected chi connectivity index (χ3v) is 4.78. The SMILES string of the molecule is O=C(C1NCCc2ccccc21)C1CC1c1ccccc1. The number of ketones is 1. The van der Waals surface area contributed by atoms with Gasteiger partial charge in [-0.3, -0.25) is 4.79 Å². The van der Waals surface area contributed by atoms with E-state index in [9.17, 15) is 4.79 Å². The summed E-state index contributed by atoms with van der Waals surface area (Å²) in [6.45, 7) is 0.899. The molecule has 4 rings (SSSR count). The van der Waals surface area contributed by atoms with Gasteiger partial charge in [0.25, 0.3) is 0 Å². The zero-order chi connectivity index (χ0) is 14.2. The van der Waals surface area contributed by atoms with Gasteiger partial charge in [-0.25, -0.2) is 0 Å². The van der Waals surface area contributed by atoms with Crippen LogP contribution in [0.4, 0.5) is 0 Å². The molecule has 106 valence electrons. The maximum Gasteiger partial charge on any atom is 0.157 e. The van der Waals surface area contributed by atoms with Gasteiger partial charge in [-0.1, -0.05) is 54.6 Å². The highest BCUT2D eigenvalue weighted by atomic mass is 16.1. The number of nitrogens with one attached hydrogen (secondary N) is 1. The van der Waals surface area contributed by atoms with Crippen molar-refractivity contribution in [2.75, 3.05) is 6.54 Å². The van der Waals surface area contributed by atoms with Gasteiger partial charge < -0.3 is 5.32 Å². The number of fused-ring (bicyclic) bond motifs is 1. The number of Topliss-reactive ketones (excluding diaryl/α,β-unsaturated/α-hetero) is 1. The minimum absolute atomic E-state index is 0.103. The fourth-order valence-corrected chi connectivity index (χ4v) is 3.55. The Labute approximate surface area is 125 Å². The summed E-state index contributed by atoms with van der Waals surface area (Å²) in [5.41, 5.74) is 3.82. The summed E-state index contributed by atoms with van der Waals surface area (Å²) >= 11 is 0. The van der Waals surface area contributed by atoms with Crippen LogP contribution in [0, 0.1) is 5.92 Å². The van der Waals surface area contributed by atoms with Crippen LogP contribution in [0.15, 0.2) is 54.6 Å². The average Bonchev–Trinajstić information content (AvgIpc) is 3.35. The zero-order valence-corrected chi connectivity index (χ0v) is 12.0. The lowest BCUT2D eigenvalue weighted by Crippen LogP contribution is -2.36. The van der Waals surface area contributed by atoms with E-state index in [4.69, 9.17) is 0 Å². The Bertz CT molecular complexity index is 664. The average molecular weight is 277 g/mol. The van der Waals surface area contributed by atoms with E-state index in [0.29, 0.717) is 11.7 Å². The number of benzene rings is 2. The van der Waals surface area contributed by atoms with Crippen LogP contribution >= 0.6 is 0 Å². The van der Waals surface area contributed by atoms with E-state index in [1.54, 1.807) is 0 Å². The van der Waals surface area contributed by atoms with Crippen molar-refractivity contribution in [3.63, 3.8) is 0 Å². The minimum Gasteiger partial charge on any atom is -0.303 e. The first-order valence-electron chi connectivity index (χ1n) is 7.74. The Hall–Kier alpha value is -1.93. The standard InChI is InChI=1S/C19H19NO/c21-19(17-12-16(17)13-6-2-1-3-7-13)18-15-9-5-4-8-14(15)10-11-20-18/h1-9,16-18,20H,10-12H2. The van der Waals surface area contributed by atoms with Crippen LogP contribution in [0.25, 0.3) is 0 Å². The van der Waals surface area contributed by atoms with Crippen LogP contribution in [0.1, 0.15) is 35.1 Å². The molecule has 2 nitrogen and oxygen atoms in total. The number of hydrogen-bond donors (Lipinski definition) is 1. The fraction of sp³-hybridized carbons (Fsp3) is 0.316. The molecule has 1 saturated carbocycles. The van der Waals surface area contributed by atoms with Crippen LogP contribution in [0.2, 0.25) is 0 Å². The minimum atomic E-state index is -0.103. The molecular formula is C19H19NO. The lowest BCUT2D eigenvalue weighted by atomic mass is 9.90. The smallest absolute Gasteiger partial charge is 0.157 e. The molecule has 3 unspecified atom stereocenters. The molecule has 0 aromatic heterocycles. The molecule has 0 saturated heterocycles. The summed E-state index contributed by atoms with van der Waals surface area (Å²) in [6, 6.07) is 18.7. The van der Waals surface area contributed by atoms with Gasteiger partial charge in [0, 0.05) is 12.5 Å². The van der Waals surface area contributed by atoms with Gasteiger partial charge >= 0.3 is 0 Å². The molecule has 2 aromatic rings. The van der Waals surface area contributed by atoms with Crippen molar-refractivity contribution in [1.29, 1.82) is 0 Å². The van der Waals surface area contributed by atoms with E-state index in [0.717, 1.165) is 19.4 Å². The van der Waals surface area contributed by atoms with E-state index in [1.165, 1.54) is 16.7 Å². The molecule has 0 amide bonds. The second kappa shape index (κ2) is 5.12. The predicted octanol–water partition coefficient (Wildman–Crippen LogP) is 3.25. The molecule has 1 fully saturated rings. The van der Waals surface area contributed by atoms with Gasteiger partial charge in [0.15, 0.2) is 5.78 Å². The molecule has 2 aromatic carbocycles. The molecule has 2 aliphatic rings. The van der Waals surface area contributed by atoms with Crippen molar-refractivity contribution in [1.82, 2.24) is 5.32 Å². The van der Waals surface area contributed by atoms with E-state index >= 15 is 0 Å². The number of carbonyl (C=O) groups excluding carboxylic acids is 1. The van der Waals surface area contributed by atoms with Crippen LogP contribution < -0.4 is 5.32 Å². The Morgan fingerprint density at radius 1 is 1.00 bits per heavy atom. The Morgan fingerprint density at radius 3 is 2.62 bits per heavy atom. The number of carbonyl (C=O) groups is 1. The molecule has 2 heteroatoms. The van der Waals surface area contributed by atoms with Gasteiger partial charge in [0.1, 0.15) is 0 Å². The maximum atomic E-state index is 12.8. The molecule has 1 heterocycles. The third kappa shape index (κ3) is 2.30. The third-order valence-electron chi connectivity index (χ3n) is 4.78. The van der Waals surface area contributed by atoms with E-state index < -0.39 is 0 Å². The highest BCUT2D eigenvalue weighted by Gasteiger charge is 2.46. The molecular weight excluding hydrogens is 258 g/mol. The van der Waals surface area contributed by atoms with Gasteiger partial charge in [-0.2, -0.15) is 0 Å². The molecule has 1 aliphatic heterocycles. The van der Waals surface area contributed by atoms with Crippen molar-refractivity contribution < 1.29 is 4.79 Å². The lowest BCUT2D eigenvalue weighted by molar-refractivity contribution is -0.122. The van der Waals surface area contributed by atoms with E-state index in [-0.39, 0.29) is 12.0 Å². The maximum absolute atomic E-state index is 12.8. The Kier molecular flexibility index (Phi) is 3.12. The van der Waals surface area contributed by atoms with Crippen LogP contribution in [-0.2, 0) is 11.2 Å². The molecule has 1 aliphatic carbocycles. The molecule has 3 atom stereocenters. The Balaban J connectivity index is 1.55. The molecule has 0 spiro atoms. The van der Waals surface area contributed by atoms with Crippen molar-refractivity contribution in [2.45, 2.75) is 24.8 Å². The summed E-state index contributed by atoms with van der Waals surface area (Å²) in [5.74, 6) is 0.988. The Morgan fingerprint density at radius 2 is 1.76 bits per heavy atom. The van der Waals surface area contributed by atoms with Crippen molar-refractivity contribution in [2.24, 2.45) is 5.92 Å². The topological polar surface area (TPSA) is 29.1 Å². The largest absolute Gasteiger partial charge is 0.303 e. The molecule has 1 N–H and O–H groups in total. The first kappa shape index (κ1) is 12.8. The molecule has 0 bridgehead atoms. The fourth-order valence-electron chi connectivity index (χ4n) is 3.55. The van der Waals surface area contributed by atoms with Crippen molar-refractivity contribution >= 4 is 5.78 Å². The molecule has 21 heavy (non-hydrogen) atoms. The summed E-state index contributed by atoms with van der Waals surface area (Å²) in [5, 5.41) is 3.42. The first-order chi connectivity index (χ1) is 10.3. The highest BCUT2D eigenvalue weighted by Crippen LogP contribution is 2.50. The second-order valence-corrected chi connectivity index (χ2v) is 6.10.